The fourth-order valence-corrected chi connectivity index (χ4v) is 1.38. The van der Waals surface area contributed by atoms with Gasteiger partial charge >= 0.3 is 11.9 Å². The Kier molecular flexibility index (Phi) is 5.39. The Morgan fingerprint density at radius 1 is 1.37 bits per heavy atom. The highest BCUT2D eigenvalue weighted by Crippen LogP contribution is 2.09. The molecule has 0 saturated heterocycles. The van der Waals surface area contributed by atoms with Crippen LogP contribution in [0, 0.1) is 0 Å². The number of aromatic nitrogens is 3. The van der Waals surface area contributed by atoms with Crippen LogP contribution in [0.15, 0.2) is 0 Å². The number of aliphatic hydroxyl groups is 2. The molecule has 1 heterocycles. The highest BCUT2D eigenvalue weighted by atomic mass is 16.5. The van der Waals surface area contributed by atoms with Crippen LogP contribution in [-0.4, -0.2) is 64.1 Å². The zero-order valence-corrected chi connectivity index (χ0v) is 10.6. The van der Waals surface area contributed by atoms with Gasteiger partial charge in [0.05, 0.1) is 45.6 Å². The smallest absolute Gasteiger partial charge is 0.360 e. The molecule has 1 aromatic rings. The molecule has 19 heavy (non-hydrogen) atoms. The molecular formula is C10H15N3O6. The SMILES string of the molecule is COC(=O)Cc1c(C(=O)OC)nnn1CC(O)CO. The maximum atomic E-state index is 11.5. The van der Waals surface area contributed by atoms with E-state index in [1.54, 1.807) is 0 Å². The molecule has 0 aliphatic carbocycles. The molecule has 0 aliphatic heterocycles. The second kappa shape index (κ2) is 6.81. The van der Waals surface area contributed by atoms with Gasteiger partial charge in [-0.2, -0.15) is 0 Å². The maximum Gasteiger partial charge on any atom is 0.360 e. The Balaban J connectivity index is 3.06. The fourth-order valence-electron chi connectivity index (χ4n) is 1.38. The Hall–Kier alpha value is -2.00. The van der Waals surface area contributed by atoms with Crippen molar-refractivity contribution >= 4 is 11.9 Å². The third kappa shape index (κ3) is 3.73. The minimum atomic E-state index is -1.08. The Bertz CT molecular complexity index is 458. The number of hydrogen-bond acceptors (Lipinski definition) is 8. The average Bonchev–Trinajstić information content (AvgIpc) is 2.80. The van der Waals surface area contributed by atoms with Crippen molar-refractivity contribution in [2.24, 2.45) is 0 Å². The average molecular weight is 273 g/mol. The number of aliphatic hydroxyl groups excluding tert-OH is 2. The van der Waals surface area contributed by atoms with Crippen molar-refractivity contribution in [2.45, 2.75) is 19.1 Å². The van der Waals surface area contributed by atoms with Crippen LogP contribution in [0.25, 0.3) is 0 Å². The van der Waals surface area contributed by atoms with E-state index in [0.717, 1.165) is 4.68 Å². The van der Waals surface area contributed by atoms with E-state index in [1.807, 2.05) is 0 Å². The van der Waals surface area contributed by atoms with E-state index in [1.165, 1.54) is 14.2 Å². The van der Waals surface area contributed by atoms with Gasteiger partial charge in [0.2, 0.25) is 0 Å². The van der Waals surface area contributed by atoms with Gasteiger partial charge in [0, 0.05) is 0 Å². The first kappa shape index (κ1) is 15.1. The van der Waals surface area contributed by atoms with Gasteiger partial charge in [-0.3, -0.25) is 4.79 Å². The summed E-state index contributed by atoms with van der Waals surface area (Å²) in [6, 6.07) is 0. The van der Waals surface area contributed by atoms with Crippen LogP contribution in [0.4, 0.5) is 0 Å². The normalized spacial score (nSPS) is 12.0. The Morgan fingerprint density at radius 2 is 2.05 bits per heavy atom. The van der Waals surface area contributed by atoms with Crippen molar-refractivity contribution in [2.75, 3.05) is 20.8 Å². The molecule has 0 bridgehead atoms. The third-order valence-electron chi connectivity index (χ3n) is 2.35. The largest absolute Gasteiger partial charge is 0.469 e. The molecule has 1 rings (SSSR count). The molecule has 1 atom stereocenters. The minimum Gasteiger partial charge on any atom is -0.469 e. The minimum absolute atomic E-state index is 0.104. The van der Waals surface area contributed by atoms with E-state index in [9.17, 15) is 14.7 Å². The van der Waals surface area contributed by atoms with Crippen LogP contribution >= 0.6 is 0 Å². The number of nitrogens with zero attached hydrogens (tertiary/aromatic N) is 3. The van der Waals surface area contributed by atoms with E-state index in [0.29, 0.717) is 0 Å². The van der Waals surface area contributed by atoms with Crippen LogP contribution in [0.5, 0.6) is 0 Å². The van der Waals surface area contributed by atoms with E-state index in [-0.39, 0.29) is 24.4 Å². The molecule has 0 aliphatic rings. The van der Waals surface area contributed by atoms with Gasteiger partial charge < -0.3 is 19.7 Å². The van der Waals surface area contributed by atoms with Crippen LogP contribution < -0.4 is 0 Å². The Labute approximate surface area is 108 Å². The lowest BCUT2D eigenvalue weighted by atomic mass is 10.2. The fraction of sp³-hybridized carbons (Fsp3) is 0.600. The zero-order valence-electron chi connectivity index (χ0n) is 10.6. The molecule has 2 N–H and O–H groups in total. The molecule has 9 nitrogen and oxygen atoms in total. The molecule has 0 spiro atoms. The molecule has 0 radical (unpaired) electrons. The molecule has 0 amide bonds. The highest BCUT2D eigenvalue weighted by molar-refractivity contribution is 5.89. The van der Waals surface area contributed by atoms with Crippen molar-refractivity contribution in [3.63, 3.8) is 0 Å². The highest BCUT2D eigenvalue weighted by Gasteiger charge is 2.23. The van der Waals surface area contributed by atoms with Crippen LogP contribution in [0.1, 0.15) is 16.2 Å². The number of hydrogen-bond donors (Lipinski definition) is 2. The number of esters is 2. The quantitative estimate of drug-likeness (QED) is 0.578. The zero-order chi connectivity index (χ0) is 14.4. The third-order valence-corrected chi connectivity index (χ3v) is 2.35. The lowest BCUT2D eigenvalue weighted by molar-refractivity contribution is -0.139. The van der Waals surface area contributed by atoms with Crippen LogP contribution in [0.3, 0.4) is 0 Å². The van der Waals surface area contributed by atoms with Gasteiger partial charge in [-0.25, -0.2) is 9.48 Å². The Morgan fingerprint density at radius 3 is 2.58 bits per heavy atom. The summed E-state index contributed by atoms with van der Waals surface area (Å²) in [6.45, 7) is -0.585. The molecule has 0 saturated carbocycles. The summed E-state index contributed by atoms with van der Waals surface area (Å²) in [7, 11) is 2.38. The number of ether oxygens (including phenoxy) is 2. The first-order valence-electron chi connectivity index (χ1n) is 5.39. The van der Waals surface area contributed by atoms with Crippen molar-refractivity contribution in [3.05, 3.63) is 11.4 Å². The van der Waals surface area contributed by atoms with Gasteiger partial charge in [-0.15, -0.1) is 5.10 Å². The van der Waals surface area contributed by atoms with Crippen LogP contribution in [0.2, 0.25) is 0 Å². The monoisotopic (exact) mass is 273 g/mol. The van der Waals surface area contributed by atoms with E-state index in [2.05, 4.69) is 19.8 Å². The van der Waals surface area contributed by atoms with Crippen molar-refractivity contribution in [1.29, 1.82) is 0 Å². The molecule has 0 fully saturated rings. The second-order valence-corrected chi connectivity index (χ2v) is 3.65. The summed E-state index contributed by atoms with van der Waals surface area (Å²) in [5.41, 5.74) is 0.0317. The first-order valence-corrected chi connectivity index (χ1v) is 5.39. The topological polar surface area (TPSA) is 124 Å². The molecule has 106 valence electrons. The van der Waals surface area contributed by atoms with E-state index < -0.39 is 24.6 Å². The van der Waals surface area contributed by atoms with E-state index >= 15 is 0 Å². The van der Waals surface area contributed by atoms with Crippen molar-refractivity contribution in [3.8, 4) is 0 Å². The van der Waals surface area contributed by atoms with Crippen molar-refractivity contribution < 1.29 is 29.3 Å². The molecule has 1 unspecified atom stereocenters. The number of rotatable bonds is 6. The van der Waals surface area contributed by atoms with Crippen molar-refractivity contribution in [1.82, 2.24) is 15.0 Å². The van der Waals surface area contributed by atoms with Gasteiger partial charge in [0.1, 0.15) is 0 Å². The summed E-state index contributed by atoms with van der Waals surface area (Å²) in [5.74, 6) is -1.34. The standard InChI is InChI=1S/C10H15N3O6/c1-18-8(16)3-7-9(10(17)19-2)11-12-13(7)4-6(15)5-14/h6,14-15H,3-5H2,1-2H3. The number of carbonyl (C=O) groups excluding carboxylic acids is 2. The summed E-state index contributed by atoms with van der Waals surface area (Å²) in [5, 5.41) is 25.4. The predicted octanol–water partition coefficient (Wildman–Crippen LogP) is -1.87. The maximum absolute atomic E-state index is 11.5. The lowest BCUT2D eigenvalue weighted by Crippen LogP contribution is -2.23. The number of methoxy groups -OCH3 is 2. The molecule has 9 heteroatoms. The summed E-state index contributed by atoms with van der Waals surface area (Å²) < 4.78 is 10.2. The summed E-state index contributed by atoms with van der Waals surface area (Å²) in [4.78, 5) is 22.8. The second-order valence-electron chi connectivity index (χ2n) is 3.65. The van der Waals surface area contributed by atoms with Gasteiger partial charge in [0.25, 0.3) is 0 Å². The van der Waals surface area contributed by atoms with Crippen LogP contribution in [-0.2, 0) is 27.2 Å². The predicted molar refractivity (Wildman–Crippen MR) is 60.2 cm³/mol. The molecule has 1 aromatic heterocycles. The summed E-state index contributed by atoms with van der Waals surface area (Å²) >= 11 is 0. The molecular weight excluding hydrogens is 258 g/mol. The summed E-state index contributed by atoms with van der Waals surface area (Å²) in [6.07, 6.45) is -1.32. The van der Waals surface area contributed by atoms with E-state index in [4.69, 9.17) is 5.11 Å². The lowest BCUT2D eigenvalue weighted by Gasteiger charge is -2.09. The van der Waals surface area contributed by atoms with Gasteiger partial charge in [-0.05, 0) is 0 Å². The molecule has 0 aromatic carbocycles. The first-order chi connectivity index (χ1) is 9.03. The van der Waals surface area contributed by atoms with Gasteiger partial charge in [-0.1, -0.05) is 5.21 Å². The number of carbonyl (C=O) groups is 2. The van der Waals surface area contributed by atoms with Gasteiger partial charge in [0.15, 0.2) is 5.69 Å².